The van der Waals surface area contributed by atoms with E-state index < -0.39 is 0 Å². The Labute approximate surface area is 103 Å². The van der Waals surface area contributed by atoms with Crippen molar-refractivity contribution in [3.8, 4) is 0 Å². The molecule has 0 aliphatic heterocycles. The minimum absolute atomic E-state index is 0.950. The summed E-state index contributed by atoms with van der Waals surface area (Å²) in [5.74, 6) is 1.98. The summed E-state index contributed by atoms with van der Waals surface area (Å²) in [5, 5.41) is 0. The molecule has 0 spiro atoms. The van der Waals surface area contributed by atoms with Crippen LogP contribution in [0.1, 0.15) is 70.6 Å². The van der Waals surface area contributed by atoms with Gasteiger partial charge in [0.2, 0.25) is 0 Å². The van der Waals surface area contributed by atoms with E-state index in [4.69, 9.17) is 0 Å². The third kappa shape index (κ3) is 3.43. The Morgan fingerprint density at radius 2 is 1.33 bits per heavy atom. The molecule has 15 heavy (non-hydrogen) atoms. The van der Waals surface area contributed by atoms with Gasteiger partial charge in [-0.25, -0.2) is 0 Å². The molecule has 1 heteroatoms. The standard InChI is InChI=1S/C14H24Se/c15-14-11-7-3-6-10-13(14)12-8-4-1-2-5-9-12/h12-13H,1-11H2. The molecule has 0 nitrogen and oxygen atoms in total. The Morgan fingerprint density at radius 3 is 2.07 bits per heavy atom. The summed E-state index contributed by atoms with van der Waals surface area (Å²) in [6.45, 7) is 0. The number of hydrogen-bond acceptors (Lipinski definition) is 0. The average Bonchev–Trinajstić information content (AvgIpc) is 2.59. The molecule has 0 heterocycles. The third-order valence-corrected chi connectivity index (χ3v) is 5.38. The Hall–Kier alpha value is 0.389. The van der Waals surface area contributed by atoms with Crippen molar-refractivity contribution in [2.45, 2.75) is 70.6 Å². The molecule has 0 amide bonds. The van der Waals surface area contributed by atoms with Crippen LogP contribution in [0.25, 0.3) is 0 Å². The predicted octanol–water partition coefficient (Wildman–Crippen LogP) is 3.88. The molecule has 2 rings (SSSR count). The van der Waals surface area contributed by atoms with Crippen LogP contribution in [-0.2, 0) is 0 Å². The SMILES string of the molecule is [Se]=C1CCCCCC1C1CCCCCC1. The third-order valence-electron chi connectivity index (χ3n) is 4.32. The van der Waals surface area contributed by atoms with Gasteiger partial charge in [-0.2, -0.15) is 0 Å². The van der Waals surface area contributed by atoms with E-state index in [0.717, 1.165) is 11.8 Å². The van der Waals surface area contributed by atoms with Crippen LogP contribution in [0.15, 0.2) is 0 Å². The fourth-order valence-electron chi connectivity index (χ4n) is 3.40. The van der Waals surface area contributed by atoms with Gasteiger partial charge in [-0.1, -0.05) is 0 Å². The van der Waals surface area contributed by atoms with Gasteiger partial charge in [-0.05, 0) is 0 Å². The Bertz CT molecular complexity index is 201. The fourth-order valence-corrected chi connectivity index (χ4v) is 4.35. The van der Waals surface area contributed by atoms with E-state index in [-0.39, 0.29) is 0 Å². The monoisotopic (exact) mass is 272 g/mol. The molecule has 2 fully saturated rings. The fraction of sp³-hybridized carbons (Fsp3) is 0.929. The van der Waals surface area contributed by atoms with Crippen molar-refractivity contribution in [1.82, 2.24) is 0 Å². The maximum atomic E-state index is 3.40. The van der Waals surface area contributed by atoms with E-state index >= 15 is 0 Å². The summed E-state index contributed by atoms with van der Waals surface area (Å²) >= 11 is 3.40. The molecule has 2 aliphatic carbocycles. The Kier molecular flexibility index (Phi) is 4.91. The van der Waals surface area contributed by atoms with Crippen molar-refractivity contribution in [3.05, 3.63) is 0 Å². The van der Waals surface area contributed by atoms with E-state index in [2.05, 4.69) is 15.6 Å². The molecule has 86 valence electrons. The molecular formula is C14H24Se. The molecule has 0 radical (unpaired) electrons. The van der Waals surface area contributed by atoms with Gasteiger partial charge >= 0.3 is 102 Å². The van der Waals surface area contributed by atoms with Crippen molar-refractivity contribution in [2.75, 3.05) is 0 Å². The molecular weight excluding hydrogens is 247 g/mol. The summed E-state index contributed by atoms with van der Waals surface area (Å²) in [5.41, 5.74) is 0. The molecule has 0 aromatic heterocycles. The molecule has 0 bridgehead atoms. The van der Waals surface area contributed by atoms with Crippen molar-refractivity contribution in [3.63, 3.8) is 0 Å². The first-order valence-corrected chi connectivity index (χ1v) is 7.76. The summed E-state index contributed by atoms with van der Waals surface area (Å²) in [7, 11) is 0. The zero-order valence-electron chi connectivity index (χ0n) is 9.84. The first-order valence-electron chi connectivity index (χ1n) is 6.90. The zero-order chi connectivity index (χ0) is 10.5. The number of rotatable bonds is 1. The van der Waals surface area contributed by atoms with Crippen molar-refractivity contribution < 1.29 is 0 Å². The van der Waals surface area contributed by atoms with Gasteiger partial charge < -0.3 is 0 Å². The van der Waals surface area contributed by atoms with Crippen molar-refractivity contribution >= 4 is 20.0 Å². The second-order valence-electron chi connectivity index (χ2n) is 5.42. The molecule has 2 saturated carbocycles. The van der Waals surface area contributed by atoms with Crippen LogP contribution in [-0.4, -0.2) is 20.0 Å². The van der Waals surface area contributed by atoms with E-state index in [0.29, 0.717) is 0 Å². The maximum absolute atomic E-state index is 3.40. The number of hydrogen-bond donors (Lipinski definition) is 0. The molecule has 0 aromatic rings. The average molecular weight is 271 g/mol. The zero-order valence-corrected chi connectivity index (χ0v) is 11.6. The molecule has 2 aliphatic rings. The molecule has 1 unspecified atom stereocenters. The molecule has 0 N–H and O–H groups in total. The van der Waals surface area contributed by atoms with Gasteiger partial charge in [-0.15, -0.1) is 0 Å². The van der Waals surface area contributed by atoms with Gasteiger partial charge in [0, 0.05) is 0 Å². The van der Waals surface area contributed by atoms with Crippen LogP contribution in [0.2, 0.25) is 0 Å². The quantitative estimate of drug-likeness (QED) is 0.501. The van der Waals surface area contributed by atoms with Gasteiger partial charge in [0.1, 0.15) is 0 Å². The molecule has 0 saturated heterocycles. The molecule has 1 atom stereocenters. The van der Waals surface area contributed by atoms with Crippen LogP contribution in [0, 0.1) is 11.8 Å². The second kappa shape index (κ2) is 6.21. The van der Waals surface area contributed by atoms with Crippen LogP contribution in [0.5, 0.6) is 0 Å². The van der Waals surface area contributed by atoms with Gasteiger partial charge in [0.25, 0.3) is 0 Å². The summed E-state index contributed by atoms with van der Waals surface area (Å²) in [6.07, 6.45) is 16.2. The van der Waals surface area contributed by atoms with E-state index in [9.17, 15) is 0 Å². The van der Waals surface area contributed by atoms with E-state index in [1.807, 2.05) is 0 Å². The van der Waals surface area contributed by atoms with Crippen LogP contribution >= 0.6 is 0 Å². The van der Waals surface area contributed by atoms with E-state index in [1.54, 1.807) is 4.42 Å². The second-order valence-corrected chi connectivity index (χ2v) is 6.52. The summed E-state index contributed by atoms with van der Waals surface area (Å²) < 4.78 is 1.72. The minimum atomic E-state index is 0.950. The predicted molar refractivity (Wildman–Crippen MR) is 68.5 cm³/mol. The van der Waals surface area contributed by atoms with Crippen molar-refractivity contribution in [2.24, 2.45) is 11.8 Å². The Balaban J connectivity index is 1.95. The van der Waals surface area contributed by atoms with Crippen molar-refractivity contribution in [1.29, 1.82) is 0 Å². The van der Waals surface area contributed by atoms with E-state index in [1.165, 1.54) is 70.6 Å². The first kappa shape index (κ1) is 11.9. The van der Waals surface area contributed by atoms with Crippen LogP contribution < -0.4 is 0 Å². The molecule has 0 aromatic carbocycles. The van der Waals surface area contributed by atoms with Crippen LogP contribution in [0.3, 0.4) is 0 Å². The Morgan fingerprint density at radius 1 is 0.733 bits per heavy atom. The van der Waals surface area contributed by atoms with Gasteiger partial charge in [0.05, 0.1) is 0 Å². The topological polar surface area (TPSA) is 0 Å². The summed E-state index contributed by atoms with van der Waals surface area (Å²) in [4.78, 5) is 0. The van der Waals surface area contributed by atoms with Crippen LogP contribution in [0.4, 0.5) is 0 Å². The normalized spacial score (nSPS) is 30.9. The van der Waals surface area contributed by atoms with Gasteiger partial charge in [-0.3, -0.25) is 0 Å². The summed E-state index contributed by atoms with van der Waals surface area (Å²) in [6, 6.07) is 0. The first-order chi connectivity index (χ1) is 7.38. The van der Waals surface area contributed by atoms with Gasteiger partial charge in [0.15, 0.2) is 0 Å².